The van der Waals surface area contributed by atoms with Gasteiger partial charge in [-0.3, -0.25) is 4.79 Å². The fourth-order valence-electron chi connectivity index (χ4n) is 3.84. The molecule has 2 aromatic carbocycles. The highest BCUT2D eigenvalue weighted by Gasteiger charge is 2.09. The summed E-state index contributed by atoms with van der Waals surface area (Å²) in [5.41, 5.74) is 4.30. The zero-order chi connectivity index (χ0) is 25.3. The van der Waals surface area contributed by atoms with Crippen LogP contribution in [0.5, 0.6) is 17.4 Å². The van der Waals surface area contributed by atoms with E-state index >= 15 is 0 Å². The van der Waals surface area contributed by atoms with Crippen molar-refractivity contribution in [2.45, 2.75) is 19.3 Å². The van der Waals surface area contributed by atoms with Crippen molar-refractivity contribution in [3.05, 3.63) is 102 Å². The number of pyridine rings is 2. The monoisotopic (exact) mass is 486 g/mol. The van der Waals surface area contributed by atoms with Crippen molar-refractivity contribution in [3.63, 3.8) is 0 Å². The lowest BCUT2D eigenvalue weighted by Crippen LogP contribution is -2.07. The first-order valence-electron chi connectivity index (χ1n) is 11.6. The minimum absolute atomic E-state index is 0.0285. The van der Waals surface area contributed by atoms with E-state index in [2.05, 4.69) is 9.97 Å². The summed E-state index contributed by atoms with van der Waals surface area (Å²) in [4.78, 5) is 20.7. The Morgan fingerprint density at radius 2 is 1.61 bits per heavy atom. The molecular formula is C29H27FN2O4. The van der Waals surface area contributed by atoms with Crippen LogP contribution in [-0.4, -0.2) is 36.6 Å². The van der Waals surface area contributed by atoms with Crippen LogP contribution < -0.4 is 14.2 Å². The number of methoxy groups -OCH3 is 2. The third-order valence-corrected chi connectivity index (χ3v) is 5.63. The van der Waals surface area contributed by atoms with Gasteiger partial charge in [0.1, 0.15) is 5.78 Å². The molecule has 0 aliphatic heterocycles. The first kappa shape index (κ1) is 24.9. The number of hydrogen-bond acceptors (Lipinski definition) is 6. The first-order chi connectivity index (χ1) is 17.5. The van der Waals surface area contributed by atoms with Gasteiger partial charge in [-0.2, -0.15) is 4.39 Å². The lowest BCUT2D eigenvalue weighted by molar-refractivity contribution is -0.117. The van der Waals surface area contributed by atoms with Gasteiger partial charge in [0.25, 0.3) is 0 Å². The quantitative estimate of drug-likeness (QED) is 0.269. The molecule has 0 saturated heterocycles. The van der Waals surface area contributed by atoms with Crippen molar-refractivity contribution in [3.8, 4) is 28.6 Å². The standard InChI is InChI=1S/C29H27FN2O4/c1-34-26-11-9-20(18-27(26)35-2)13-14-36-29-8-4-7-25(32-29)23-6-3-5-21(15-23)16-24(33)17-22-10-12-28(30)31-19-22/h3-12,15,18-19H,13-14,16-17H2,1-2H3. The predicted molar refractivity (Wildman–Crippen MR) is 135 cm³/mol. The molecule has 0 aliphatic carbocycles. The number of carbonyl (C=O) groups excluding carboxylic acids is 1. The number of nitrogens with zero attached hydrogens (tertiary/aromatic N) is 2. The fourth-order valence-corrected chi connectivity index (χ4v) is 3.84. The van der Waals surface area contributed by atoms with E-state index < -0.39 is 5.95 Å². The second-order valence-corrected chi connectivity index (χ2v) is 8.23. The molecule has 0 atom stereocenters. The van der Waals surface area contributed by atoms with E-state index in [4.69, 9.17) is 14.2 Å². The van der Waals surface area contributed by atoms with Gasteiger partial charge in [0.15, 0.2) is 11.5 Å². The zero-order valence-corrected chi connectivity index (χ0v) is 20.2. The fraction of sp³-hybridized carbons (Fsp3) is 0.207. The van der Waals surface area contributed by atoms with Gasteiger partial charge < -0.3 is 14.2 Å². The van der Waals surface area contributed by atoms with Crippen LogP contribution in [0.15, 0.2) is 79.0 Å². The molecule has 0 fully saturated rings. The maximum absolute atomic E-state index is 13.0. The molecule has 4 rings (SSSR count). The maximum Gasteiger partial charge on any atom is 0.213 e. The van der Waals surface area contributed by atoms with Gasteiger partial charge >= 0.3 is 0 Å². The Morgan fingerprint density at radius 3 is 2.39 bits per heavy atom. The van der Waals surface area contributed by atoms with Crippen LogP contribution in [0.25, 0.3) is 11.3 Å². The second-order valence-electron chi connectivity index (χ2n) is 8.23. The van der Waals surface area contributed by atoms with Gasteiger partial charge in [-0.25, -0.2) is 9.97 Å². The smallest absolute Gasteiger partial charge is 0.213 e. The molecule has 0 N–H and O–H groups in total. The molecule has 0 spiro atoms. The summed E-state index contributed by atoms with van der Waals surface area (Å²) in [6.07, 6.45) is 2.56. The number of ketones is 1. The Hall–Kier alpha value is -4.26. The van der Waals surface area contributed by atoms with Crippen LogP contribution >= 0.6 is 0 Å². The Kier molecular flexibility index (Phi) is 8.24. The molecule has 0 aliphatic rings. The Labute approximate surface area is 209 Å². The van der Waals surface area contributed by atoms with Crippen molar-refractivity contribution >= 4 is 5.78 Å². The van der Waals surface area contributed by atoms with Crippen LogP contribution in [0, 0.1) is 5.95 Å². The number of rotatable bonds is 11. The highest BCUT2D eigenvalue weighted by molar-refractivity contribution is 5.83. The van der Waals surface area contributed by atoms with E-state index in [1.165, 1.54) is 12.3 Å². The lowest BCUT2D eigenvalue weighted by Gasteiger charge is -2.11. The number of carbonyl (C=O) groups is 1. The SMILES string of the molecule is COc1ccc(CCOc2cccc(-c3cccc(CC(=O)Cc4ccc(F)nc4)c3)n2)cc1OC. The van der Waals surface area contributed by atoms with Gasteiger partial charge in [0.05, 0.1) is 26.5 Å². The maximum atomic E-state index is 13.0. The predicted octanol–water partition coefficient (Wildman–Crippen LogP) is 5.28. The van der Waals surface area contributed by atoms with Crippen LogP contribution in [-0.2, 0) is 24.1 Å². The number of halogens is 1. The summed E-state index contributed by atoms with van der Waals surface area (Å²) in [5, 5.41) is 0. The summed E-state index contributed by atoms with van der Waals surface area (Å²) in [6.45, 7) is 0.457. The van der Waals surface area contributed by atoms with Crippen molar-refractivity contribution in [2.75, 3.05) is 20.8 Å². The number of aromatic nitrogens is 2. The third kappa shape index (κ3) is 6.66. The molecular weight excluding hydrogens is 459 g/mol. The van der Waals surface area contributed by atoms with Crippen molar-refractivity contribution in [1.82, 2.24) is 9.97 Å². The first-order valence-corrected chi connectivity index (χ1v) is 11.6. The van der Waals surface area contributed by atoms with Crippen molar-refractivity contribution in [2.24, 2.45) is 0 Å². The largest absolute Gasteiger partial charge is 0.493 e. The minimum Gasteiger partial charge on any atom is -0.493 e. The van der Waals surface area contributed by atoms with E-state index in [1.54, 1.807) is 20.3 Å². The number of ether oxygens (including phenoxy) is 3. The molecule has 0 saturated carbocycles. The Balaban J connectivity index is 1.37. The molecule has 0 unspecified atom stereocenters. The molecule has 0 amide bonds. The van der Waals surface area contributed by atoms with Gasteiger partial charge in [0, 0.05) is 37.1 Å². The van der Waals surface area contributed by atoms with E-state index in [0.717, 1.165) is 22.4 Å². The van der Waals surface area contributed by atoms with Gasteiger partial charge in [-0.05, 0) is 47.0 Å². The summed E-state index contributed by atoms with van der Waals surface area (Å²) >= 11 is 0. The van der Waals surface area contributed by atoms with Crippen molar-refractivity contribution in [1.29, 1.82) is 0 Å². The average Bonchev–Trinajstić information content (AvgIpc) is 2.90. The summed E-state index contributed by atoms with van der Waals surface area (Å²) in [5.74, 6) is 1.37. The third-order valence-electron chi connectivity index (χ3n) is 5.63. The molecule has 2 aromatic heterocycles. The van der Waals surface area contributed by atoms with Crippen LogP contribution in [0.3, 0.4) is 0 Å². The number of Topliss-reactive ketones (excluding diaryl/α,β-unsaturated/α-hetero) is 1. The van der Waals surface area contributed by atoms with E-state index in [0.29, 0.717) is 36.0 Å². The topological polar surface area (TPSA) is 70.5 Å². The normalized spacial score (nSPS) is 10.6. The van der Waals surface area contributed by atoms with Crippen LogP contribution in [0.1, 0.15) is 16.7 Å². The molecule has 4 aromatic rings. The van der Waals surface area contributed by atoms with E-state index in [1.807, 2.05) is 60.7 Å². The highest BCUT2D eigenvalue weighted by Crippen LogP contribution is 2.28. The molecule has 2 heterocycles. The van der Waals surface area contributed by atoms with Crippen molar-refractivity contribution < 1.29 is 23.4 Å². The van der Waals surface area contributed by atoms with Gasteiger partial charge in [0.2, 0.25) is 11.8 Å². The van der Waals surface area contributed by atoms with Crippen LogP contribution in [0.4, 0.5) is 4.39 Å². The summed E-state index contributed by atoms with van der Waals surface area (Å²) in [6, 6.07) is 22.0. The lowest BCUT2D eigenvalue weighted by atomic mass is 10.0. The van der Waals surface area contributed by atoms with E-state index in [-0.39, 0.29) is 18.6 Å². The van der Waals surface area contributed by atoms with Gasteiger partial charge in [-0.1, -0.05) is 36.4 Å². The number of hydrogen-bond donors (Lipinski definition) is 0. The zero-order valence-electron chi connectivity index (χ0n) is 20.2. The highest BCUT2D eigenvalue weighted by atomic mass is 19.1. The number of benzene rings is 2. The minimum atomic E-state index is -0.557. The Bertz CT molecular complexity index is 1330. The second kappa shape index (κ2) is 11.9. The molecule has 6 nitrogen and oxygen atoms in total. The molecule has 7 heteroatoms. The van der Waals surface area contributed by atoms with Gasteiger partial charge in [-0.15, -0.1) is 0 Å². The average molecular weight is 487 g/mol. The summed E-state index contributed by atoms with van der Waals surface area (Å²) in [7, 11) is 3.22. The van der Waals surface area contributed by atoms with Crippen LogP contribution in [0.2, 0.25) is 0 Å². The van der Waals surface area contributed by atoms with E-state index in [9.17, 15) is 9.18 Å². The molecule has 184 valence electrons. The summed E-state index contributed by atoms with van der Waals surface area (Å²) < 4.78 is 29.5. The Morgan fingerprint density at radius 1 is 0.833 bits per heavy atom. The molecule has 0 bridgehead atoms. The molecule has 36 heavy (non-hydrogen) atoms. The molecule has 0 radical (unpaired) electrons.